The summed E-state index contributed by atoms with van der Waals surface area (Å²) in [5.74, 6) is 0.102. The number of benzene rings is 1. The van der Waals surface area contributed by atoms with Crippen LogP contribution in [0.5, 0.6) is 0 Å². The van der Waals surface area contributed by atoms with Gasteiger partial charge in [-0.1, -0.05) is 18.2 Å². The molecule has 4 nitrogen and oxygen atoms in total. The van der Waals surface area contributed by atoms with Gasteiger partial charge < -0.3 is 9.69 Å². The second-order valence-corrected chi connectivity index (χ2v) is 4.46. The van der Waals surface area contributed by atoms with Crippen LogP contribution >= 0.6 is 0 Å². The number of rotatable bonds is 4. The summed E-state index contributed by atoms with van der Waals surface area (Å²) >= 11 is 0. The van der Waals surface area contributed by atoms with Crippen LogP contribution in [0, 0.1) is 0 Å². The highest BCUT2D eigenvalue weighted by Gasteiger charge is 2.21. The number of hydrogen-bond acceptors (Lipinski definition) is 3. The monoisotopic (exact) mass is 246 g/mol. The highest BCUT2D eigenvalue weighted by atomic mass is 16.2. The van der Waals surface area contributed by atoms with E-state index in [0.717, 1.165) is 44.6 Å². The number of hydrogen-bond donors (Lipinski definition) is 0. The number of aldehydes is 1. The lowest BCUT2D eigenvalue weighted by molar-refractivity contribution is -0.108. The van der Waals surface area contributed by atoms with Crippen LogP contribution in [0.15, 0.2) is 30.3 Å². The van der Waals surface area contributed by atoms with Crippen molar-refractivity contribution in [3.05, 3.63) is 35.9 Å². The molecule has 0 aromatic heterocycles. The Morgan fingerprint density at radius 2 is 1.78 bits per heavy atom. The van der Waals surface area contributed by atoms with Crippen LogP contribution in [0.3, 0.4) is 0 Å². The topological polar surface area (TPSA) is 40.6 Å². The van der Waals surface area contributed by atoms with Gasteiger partial charge in [0.1, 0.15) is 6.29 Å². The second-order valence-electron chi connectivity index (χ2n) is 4.46. The summed E-state index contributed by atoms with van der Waals surface area (Å²) in [5.41, 5.74) is 0.749. The number of carbonyl (C=O) groups is 2. The summed E-state index contributed by atoms with van der Waals surface area (Å²) in [6, 6.07) is 9.37. The third-order valence-corrected chi connectivity index (χ3v) is 3.24. The van der Waals surface area contributed by atoms with Gasteiger partial charge in [0.25, 0.3) is 5.91 Å². The SMILES string of the molecule is O=CCCN1CCN(C(=O)c2ccccc2)CC1. The molecule has 2 rings (SSSR count). The van der Waals surface area contributed by atoms with Gasteiger partial charge in [-0.05, 0) is 12.1 Å². The lowest BCUT2D eigenvalue weighted by Gasteiger charge is -2.34. The fraction of sp³-hybridized carbons (Fsp3) is 0.429. The third-order valence-electron chi connectivity index (χ3n) is 3.24. The molecule has 0 aliphatic carbocycles. The van der Waals surface area contributed by atoms with Crippen LogP contribution in [0.25, 0.3) is 0 Å². The molecule has 1 aromatic rings. The summed E-state index contributed by atoms with van der Waals surface area (Å²) in [4.78, 5) is 26.6. The number of carbonyl (C=O) groups excluding carboxylic acids is 2. The number of amides is 1. The summed E-state index contributed by atoms with van der Waals surface area (Å²) in [7, 11) is 0. The van der Waals surface area contributed by atoms with Crippen LogP contribution in [0.1, 0.15) is 16.8 Å². The Morgan fingerprint density at radius 1 is 1.11 bits per heavy atom. The van der Waals surface area contributed by atoms with E-state index in [1.54, 1.807) is 0 Å². The van der Waals surface area contributed by atoms with Gasteiger partial charge in [0.05, 0.1) is 0 Å². The molecule has 0 saturated carbocycles. The standard InChI is InChI=1S/C14H18N2O2/c17-12-4-7-15-8-10-16(11-9-15)14(18)13-5-2-1-3-6-13/h1-3,5-6,12H,4,7-11H2. The predicted octanol–water partition coefficient (Wildman–Crippen LogP) is 1.03. The van der Waals surface area contributed by atoms with Crippen LogP contribution in [-0.2, 0) is 4.79 Å². The molecule has 0 radical (unpaired) electrons. The number of piperazine rings is 1. The Bertz CT molecular complexity index is 398. The second kappa shape index (κ2) is 6.31. The maximum Gasteiger partial charge on any atom is 0.253 e. The average Bonchev–Trinajstić information content (AvgIpc) is 2.46. The zero-order valence-electron chi connectivity index (χ0n) is 10.4. The molecule has 0 N–H and O–H groups in total. The zero-order chi connectivity index (χ0) is 12.8. The maximum atomic E-state index is 12.2. The molecule has 0 bridgehead atoms. The molecule has 1 aliphatic rings. The molecule has 4 heteroatoms. The van der Waals surface area contributed by atoms with E-state index in [1.165, 1.54) is 0 Å². The highest BCUT2D eigenvalue weighted by Crippen LogP contribution is 2.08. The van der Waals surface area contributed by atoms with E-state index in [1.807, 2.05) is 35.2 Å². The Balaban J connectivity index is 1.86. The van der Waals surface area contributed by atoms with Crippen molar-refractivity contribution in [3.8, 4) is 0 Å². The van der Waals surface area contributed by atoms with E-state index in [-0.39, 0.29) is 5.91 Å². The smallest absolute Gasteiger partial charge is 0.253 e. The molecule has 1 amide bonds. The van der Waals surface area contributed by atoms with E-state index in [2.05, 4.69) is 4.90 Å². The van der Waals surface area contributed by atoms with E-state index in [4.69, 9.17) is 0 Å². The van der Waals surface area contributed by atoms with Gasteiger partial charge in [0.15, 0.2) is 0 Å². The van der Waals surface area contributed by atoms with Gasteiger partial charge in [-0.25, -0.2) is 0 Å². The lowest BCUT2D eigenvalue weighted by atomic mass is 10.2. The van der Waals surface area contributed by atoms with Gasteiger partial charge in [-0.15, -0.1) is 0 Å². The minimum absolute atomic E-state index is 0.102. The van der Waals surface area contributed by atoms with Gasteiger partial charge in [0.2, 0.25) is 0 Å². The Kier molecular flexibility index (Phi) is 4.47. The van der Waals surface area contributed by atoms with Crippen molar-refractivity contribution < 1.29 is 9.59 Å². The Labute approximate surface area is 107 Å². The van der Waals surface area contributed by atoms with E-state index < -0.39 is 0 Å². The molecule has 18 heavy (non-hydrogen) atoms. The van der Waals surface area contributed by atoms with Gasteiger partial charge in [-0.2, -0.15) is 0 Å². The van der Waals surface area contributed by atoms with Gasteiger partial charge in [0, 0.05) is 44.7 Å². The van der Waals surface area contributed by atoms with Crippen molar-refractivity contribution in [1.82, 2.24) is 9.80 Å². The first-order valence-corrected chi connectivity index (χ1v) is 6.31. The molecule has 1 aromatic carbocycles. The first kappa shape index (κ1) is 12.8. The van der Waals surface area contributed by atoms with Crippen molar-refractivity contribution in [2.24, 2.45) is 0 Å². The molecule has 0 atom stereocenters. The third kappa shape index (κ3) is 3.17. The van der Waals surface area contributed by atoms with Gasteiger partial charge >= 0.3 is 0 Å². The Hall–Kier alpha value is -1.68. The number of nitrogens with zero attached hydrogens (tertiary/aromatic N) is 2. The zero-order valence-corrected chi connectivity index (χ0v) is 10.4. The van der Waals surface area contributed by atoms with Crippen LogP contribution in [0.2, 0.25) is 0 Å². The minimum atomic E-state index is 0.102. The molecule has 96 valence electrons. The van der Waals surface area contributed by atoms with E-state index >= 15 is 0 Å². The van der Waals surface area contributed by atoms with E-state index in [0.29, 0.717) is 6.42 Å². The first-order valence-electron chi connectivity index (χ1n) is 6.31. The molecule has 1 aliphatic heterocycles. The summed E-state index contributed by atoms with van der Waals surface area (Å²) in [5, 5.41) is 0. The van der Waals surface area contributed by atoms with Gasteiger partial charge in [-0.3, -0.25) is 9.69 Å². The summed E-state index contributed by atoms with van der Waals surface area (Å²) in [6.07, 6.45) is 1.52. The van der Waals surface area contributed by atoms with Crippen molar-refractivity contribution in [3.63, 3.8) is 0 Å². The minimum Gasteiger partial charge on any atom is -0.336 e. The largest absolute Gasteiger partial charge is 0.336 e. The quantitative estimate of drug-likeness (QED) is 0.745. The van der Waals surface area contributed by atoms with Crippen molar-refractivity contribution in [1.29, 1.82) is 0 Å². The first-order chi connectivity index (χ1) is 8.81. The van der Waals surface area contributed by atoms with Crippen LogP contribution < -0.4 is 0 Å². The molecule has 0 spiro atoms. The van der Waals surface area contributed by atoms with Crippen molar-refractivity contribution in [2.45, 2.75) is 6.42 Å². The Morgan fingerprint density at radius 3 is 2.39 bits per heavy atom. The fourth-order valence-electron chi connectivity index (χ4n) is 2.17. The predicted molar refractivity (Wildman–Crippen MR) is 69.5 cm³/mol. The lowest BCUT2D eigenvalue weighted by Crippen LogP contribution is -2.48. The van der Waals surface area contributed by atoms with Crippen molar-refractivity contribution in [2.75, 3.05) is 32.7 Å². The van der Waals surface area contributed by atoms with Crippen LogP contribution in [0.4, 0.5) is 0 Å². The normalized spacial score (nSPS) is 16.6. The van der Waals surface area contributed by atoms with Crippen molar-refractivity contribution >= 4 is 12.2 Å². The molecule has 1 heterocycles. The fourth-order valence-corrected chi connectivity index (χ4v) is 2.17. The van der Waals surface area contributed by atoms with Crippen LogP contribution in [-0.4, -0.2) is 54.7 Å². The summed E-state index contributed by atoms with van der Waals surface area (Å²) in [6.45, 7) is 3.99. The molecular formula is C14H18N2O2. The maximum absolute atomic E-state index is 12.2. The highest BCUT2D eigenvalue weighted by molar-refractivity contribution is 5.94. The molecular weight excluding hydrogens is 228 g/mol. The molecule has 1 fully saturated rings. The average molecular weight is 246 g/mol. The van der Waals surface area contributed by atoms with E-state index in [9.17, 15) is 9.59 Å². The molecule has 0 unspecified atom stereocenters. The summed E-state index contributed by atoms with van der Waals surface area (Å²) < 4.78 is 0. The molecule has 1 saturated heterocycles.